The van der Waals surface area contributed by atoms with Gasteiger partial charge in [0.25, 0.3) is 0 Å². The van der Waals surface area contributed by atoms with Crippen molar-refractivity contribution in [3.05, 3.63) is 35.9 Å². The molecule has 55 valence electrons. The summed E-state index contributed by atoms with van der Waals surface area (Å²) in [5.41, 5.74) is 1.41. The SMILES string of the molecule is CC(C)Cc1cc[c]cc1.[NaH]. The van der Waals surface area contributed by atoms with Crippen molar-refractivity contribution in [2.75, 3.05) is 0 Å². The molecule has 1 rings (SSSR count). The van der Waals surface area contributed by atoms with Crippen LogP contribution >= 0.6 is 0 Å². The summed E-state index contributed by atoms with van der Waals surface area (Å²) in [4.78, 5) is 0. The zero-order valence-corrected chi connectivity index (χ0v) is 6.59. The average Bonchev–Trinajstić information content (AvgIpc) is 1.88. The molecule has 1 heteroatoms. The Labute approximate surface area is 91.3 Å². The molecule has 0 aliphatic rings. The first-order valence-corrected chi connectivity index (χ1v) is 3.74. The monoisotopic (exact) mass is 157 g/mol. The first-order chi connectivity index (χ1) is 4.79. The van der Waals surface area contributed by atoms with Crippen LogP contribution in [0.15, 0.2) is 24.3 Å². The van der Waals surface area contributed by atoms with E-state index >= 15 is 0 Å². The van der Waals surface area contributed by atoms with Gasteiger partial charge in [0.1, 0.15) is 0 Å². The molecule has 0 bridgehead atoms. The van der Waals surface area contributed by atoms with Crippen LogP contribution in [0.1, 0.15) is 19.4 Å². The summed E-state index contributed by atoms with van der Waals surface area (Å²) in [6, 6.07) is 11.2. The van der Waals surface area contributed by atoms with E-state index in [1.54, 1.807) is 0 Å². The van der Waals surface area contributed by atoms with Crippen LogP contribution in [0.3, 0.4) is 0 Å². The standard InChI is InChI=1S/C10H13.Na.H/c1-9(2)8-10-6-4-3-5-7-10;;/h4-7,9H,8H2,1-2H3;;. The fraction of sp³-hybridized carbons (Fsp3) is 0.400. The van der Waals surface area contributed by atoms with Crippen LogP contribution in [-0.2, 0) is 6.42 Å². The van der Waals surface area contributed by atoms with E-state index < -0.39 is 0 Å². The average molecular weight is 157 g/mol. The van der Waals surface area contributed by atoms with E-state index in [2.05, 4.69) is 32.0 Å². The first-order valence-electron chi connectivity index (χ1n) is 3.74. The zero-order chi connectivity index (χ0) is 7.40. The molecule has 0 aliphatic heterocycles. The Morgan fingerprint density at radius 2 is 1.82 bits per heavy atom. The molecular formula is C10H14Na. The molecule has 0 N–H and O–H groups in total. The van der Waals surface area contributed by atoms with Crippen molar-refractivity contribution >= 4 is 29.6 Å². The molecule has 0 nitrogen and oxygen atoms in total. The van der Waals surface area contributed by atoms with Crippen molar-refractivity contribution in [3.8, 4) is 0 Å². The van der Waals surface area contributed by atoms with Crippen LogP contribution in [0.5, 0.6) is 0 Å². The van der Waals surface area contributed by atoms with E-state index in [-0.39, 0.29) is 29.6 Å². The van der Waals surface area contributed by atoms with E-state index in [9.17, 15) is 0 Å². The van der Waals surface area contributed by atoms with Crippen LogP contribution in [-0.4, -0.2) is 29.6 Å². The molecule has 1 aromatic carbocycles. The van der Waals surface area contributed by atoms with Gasteiger partial charge < -0.3 is 0 Å². The van der Waals surface area contributed by atoms with Crippen LogP contribution in [0.25, 0.3) is 0 Å². The van der Waals surface area contributed by atoms with Crippen molar-refractivity contribution in [1.82, 2.24) is 0 Å². The van der Waals surface area contributed by atoms with Gasteiger partial charge in [0.2, 0.25) is 0 Å². The molecule has 0 spiro atoms. The fourth-order valence-electron chi connectivity index (χ4n) is 1.03. The maximum atomic E-state index is 3.01. The second-order valence-electron chi connectivity index (χ2n) is 3.01. The van der Waals surface area contributed by atoms with Crippen molar-refractivity contribution in [3.63, 3.8) is 0 Å². The molecule has 0 amide bonds. The van der Waals surface area contributed by atoms with Crippen molar-refractivity contribution < 1.29 is 0 Å². The number of benzene rings is 1. The van der Waals surface area contributed by atoms with Gasteiger partial charge in [0.05, 0.1) is 0 Å². The van der Waals surface area contributed by atoms with Crippen molar-refractivity contribution in [1.29, 1.82) is 0 Å². The third-order valence-corrected chi connectivity index (χ3v) is 1.43. The van der Waals surface area contributed by atoms with Crippen LogP contribution < -0.4 is 0 Å². The summed E-state index contributed by atoms with van der Waals surface area (Å²) in [5, 5.41) is 0. The van der Waals surface area contributed by atoms with E-state index in [1.165, 1.54) is 12.0 Å². The molecule has 0 fully saturated rings. The van der Waals surface area contributed by atoms with Gasteiger partial charge in [-0.15, -0.1) is 0 Å². The summed E-state index contributed by atoms with van der Waals surface area (Å²) in [5.74, 6) is 0.752. The van der Waals surface area contributed by atoms with Gasteiger partial charge in [-0.2, -0.15) is 0 Å². The number of rotatable bonds is 2. The Morgan fingerprint density at radius 1 is 1.27 bits per heavy atom. The van der Waals surface area contributed by atoms with E-state index in [4.69, 9.17) is 0 Å². The normalized spacial score (nSPS) is 9.36. The Hall–Kier alpha value is 0.220. The molecule has 0 aliphatic carbocycles. The fourth-order valence-corrected chi connectivity index (χ4v) is 1.03. The third kappa shape index (κ3) is 4.62. The third-order valence-electron chi connectivity index (χ3n) is 1.43. The second-order valence-corrected chi connectivity index (χ2v) is 3.01. The minimum atomic E-state index is 0. The molecule has 1 aromatic rings. The topological polar surface area (TPSA) is 0 Å². The Kier molecular flexibility index (Phi) is 5.93. The quantitative estimate of drug-likeness (QED) is 0.576. The Bertz CT molecular complexity index is 179. The second kappa shape index (κ2) is 5.82. The van der Waals surface area contributed by atoms with E-state index in [0.29, 0.717) is 0 Å². The van der Waals surface area contributed by atoms with Gasteiger partial charge in [-0.25, -0.2) is 0 Å². The summed E-state index contributed by atoms with van der Waals surface area (Å²) >= 11 is 0. The number of hydrogen-bond acceptors (Lipinski definition) is 0. The molecule has 0 unspecified atom stereocenters. The molecule has 0 aromatic heterocycles. The van der Waals surface area contributed by atoms with Gasteiger partial charge in [0.15, 0.2) is 0 Å². The molecular weight excluding hydrogens is 143 g/mol. The minimum absolute atomic E-state index is 0. The van der Waals surface area contributed by atoms with Crippen LogP contribution in [0.4, 0.5) is 0 Å². The molecule has 0 saturated carbocycles. The van der Waals surface area contributed by atoms with Gasteiger partial charge in [-0.1, -0.05) is 38.1 Å². The predicted octanol–water partition coefficient (Wildman–Crippen LogP) is 2.04. The van der Waals surface area contributed by atoms with Gasteiger partial charge >= 0.3 is 29.6 Å². The predicted molar refractivity (Wildman–Crippen MR) is 51.0 cm³/mol. The van der Waals surface area contributed by atoms with E-state index in [1.807, 2.05) is 12.1 Å². The maximum absolute atomic E-state index is 3.01. The molecule has 0 saturated heterocycles. The molecule has 11 heavy (non-hydrogen) atoms. The summed E-state index contributed by atoms with van der Waals surface area (Å²) in [7, 11) is 0. The Morgan fingerprint density at radius 3 is 2.27 bits per heavy atom. The first kappa shape index (κ1) is 11.2. The zero-order valence-electron chi connectivity index (χ0n) is 6.59. The van der Waals surface area contributed by atoms with E-state index in [0.717, 1.165) is 5.92 Å². The van der Waals surface area contributed by atoms with Crippen molar-refractivity contribution in [2.24, 2.45) is 5.92 Å². The van der Waals surface area contributed by atoms with Gasteiger partial charge in [-0.3, -0.25) is 0 Å². The Balaban J connectivity index is 0.000001000. The van der Waals surface area contributed by atoms with Crippen LogP contribution in [0, 0.1) is 12.0 Å². The van der Waals surface area contributed by atoms with Crippen molar-refractivity contribution in [2.45, 2.75) is 20.3 Å². The summed E-state index contributed by atoms with van der Waals surface area (Å²) in [6.07, 6.45) is 1.18. The molecule has 1 radical (unpaired) electrons. The summed E-state index contributed by atoms with van der Waals surface area (Å²) < 4.78 is 0. The van der Waals surface area contributed by atoms with Gasteiger partial charge in [0, 0.05) is 0 Å². The summed E-state index contributed by atoms with van der Waals surface area (Å²) in [6.45, 7) is 4.47. The molecule has 0 atom stereocenters. The number of hydrogen-bond donors (Lipinski definition) is 0. The molecule has 0 heterocycles. The van der Waals surface area contributed by atoms with Gasteiger partial charge in [-0.05, 0) is 24.0 Å². The van der Waals surface area contributed by atoms with Crippen LogP contribution in [0.2, 0.25) is 0 Å².